The molecule has 162 valence electrons. The van der Waals surface area contributed by atoms with Crippen molar-refractivity contribution in [3.63, 3.8) is 0 Å². The maximum atomic E-state index is 12.9. The van der Waals surface area contributed by atoms with E-state index in [2.05, 4.69) is 5.32 Å². The maximum absolute atomic E-state index is 12.9. The molecule has 0 radical (unpaired) electrons. The van der Waals surface area contributed by atoms with E-state index in [0.717, 1.165) is 6.26 Å². The minimum Gasteiger partial charge on any atom is -0.484 e. The third kappa shape index (κ3) is 6.44. The molecule has 31 heavy (non-hydrogen) atoms. The van der Waals surface area contributed by atoms with Gasteiger partial charge in [0.25, 0.3) is 5.91 Å². The van der Waals surface area contributed by atoms with Crippen LogP contribution in [-0.4, -0.2) is 27.2 Å². The Hall–Kier alpha value is -3.10. The molecule has 3 aromatic rings. The van der Waals surface area contributed by atoms with Gasteiger partial charge in [0.1, 0.15) is 11.6 Å². The van der Waals surface area contributed by atoms with Crippen molar-refractivity contribution in [2.75, 3.05) is 22.5 Å². The molecule has 0 saturated heterocycles. The Morgan fingerprint density at radius 1 is 1.03 bits per heavy atom. The highest BCUT2D eigenvalue weighted by atomic mass is 35.5. The number of carbonyl (C=O) groups excluding carboxylic acids is 1. The molecular formula is C22H20ClFN2O4S. The summed E-state index contributed by atoms with van der Waals surface area (Å²) in [6.07, 6.45) is 1.12. The Balaban J connectivity index is 1.65. The second-order valence-corrected chi connectivity index (χ2v) is 9.01. The molecule has 0 aliphatic heterocycles. The summed E-state index contributed by atoms with van der Waals surface area (Å²) in [6, 6.07) is 18.7. The van der Waals surface area contributed by atoms with Crippen LogP contribution in [0.3, 0.4) is 0 Å². The van der Waals surface area contributed by atoms with E-state index in [9.17, 15) is 17.6 Å². The molecule has 0 heterocycles. The highest BCUT2D eigenvalue weighted by molar-refractivity contribution is 7.92. The molecule has 3 aromatic carbocycles. The van der Waals surface area contributed by atoms with Crippen LogP contribution in [0.2, 0.25) is 5.02 Å². The summed E-state index contributed by atoms with van der Waals surface area (Å²) >= 11 is 6.17. The number of amides is 1. The first-order chi connectivity index (χ1) is 14.7. The number of anilines is 2. The van der Waals surface area contributed by atoms with Crippen molar-refractivity contribution < 1.29 is 22.3 Å². The SMILES string of the molecule is CS(=O)(=O)N(Cc1ccccc1Cl)c1ccc(OCC(=O)Nc2ccc(F)cc2)cc1. The third-order valence-corrected chi connectivity index (χ3v) is 5.80. The predicted molar refractivity (Wildman–Crippen MR) is 119 cm³/mol. The van der Waals surface area contributed by atoms with Gasteiger partial charge in [-0.3, -0.25) is 9.10 Å². The van der Waals surface area contributed by atoms with Crippen LogP contribution in [0.4, 0.5) is 15.8 Å². The van der Waals surface area contributed by atoms with Gasteiger partial charge in [0.2, 0.25) is 10.0 Å². The number of hydrogen-bond donors (Lipinski definition) is 1. The topological polar surface area (TPSA) is 75.7 Å². The fourth-order valence-corrected chi connectivity index (χ4v) is 3.84. The van der Waals surface area contributed by atoms with Crippen molar-refractivity contribution in [1.29, 1.82) is 0 Å². The van der Waals surface area contributed by atoms with E-state index >= 15 is 0 Å². The van der Waals surface area contributed by atoms with Gasteiger partial charge in [-0.1, -0.05) is 29.8 Å². The molecule has 1 amide bonds. The minimum absolute atomic E-state index is 0.0821. The van der Waals surface area contributed by atoms with Crippen LogP contribution in [0.25, 0.3) is 0 Å². The zero-order valence-corrected chi connectivity index (χ0v) is 18.2. The lowest BCUT2D eigenvalue weighted by atomic mass is 10.2. The summed E-state index contributed by atoms with van der Waals surface area (Å²) in [5, 5.41) is 3.07. The van der Waals surface area contributed by atoms with Gasteiger partial charge < -0.3 is 10.1 Å². The molecule has 0 aliphatic rings. The Morgan fingerprint density at radius 3 is 2.29 bits per heavy atom. The number of halogens is 2. The largest absolute Gasteiger partial charge is 0.484 e. The average molecular weight is 463 g/mol. The van der Waals surface area contributed by atoms with Crippen molar-refractivity contribution in [3.8, 4) is 5.75 Å². The summed E-state index contributed by atoms with van der Waals surface area (Å²) in [5.41, 5.74) is 1.56. The standard InChI is InChI=1S/C22H20ClFN2O4S/c1-31(28,29)26(14-16-4-2-3-5-21(16)23)19-10-12-20(13-11-19)30-15-22(27)25-18-8-6-17(24)7-9-18/h2-13H,14-15H2,1H3,(H,25,27). The number of nitrogens with one attached hydrogen (secondary N) is 1. The molecule has 3 rings (SSSR count). The first kappa shape index (κ1) is 22.6. The number of nitrogens with zero attached hydrogens (tertiary/aromatic N) is 1. The van der Waals surface area contributed by atoms with Crippen LogP contribution in [0.5, 0.6) is 5.75 Å². The summed E-state index contributed by atoms with van der Waals surface area (Å²) in [7, 11) is -3.57. The van der Waals surface area contributed by atoms with E-state index in [-0.39, 0.29) is 13.2 Å². The average Bonchev–Trinajstić information content (AvgIpc) is 2.73. The van der Waals surface area contributed by atoms with Gasteiger partial charge in [-0.2, -0.15) is 0 Å². The number of carbonyl (C=O) groups is 1. The molecule has 0 spiro atoms. The van der Waals surface area contributed by atoms with Gasteiger partial charge >= 0.3 is 0 Å². The quantitative estimate of drug-likeness (QED) is 0.536. The van der Waals surface area contributed by atoms with Crippen LogP contribution >= 0.6 is 11.6 Å². The van der Waals surface area contributed by atoms with E-state index in [0.29, 0.717) is 27.7 Å². The van der Waals surface area contributed by atoms with Gasteiger partial charge in [0.05, 0.1) is 18.5 Å². The number of ether oxygens (including phenoxy) is 1. The molecule has 0 unspecified atom stereocenters. The Bertz CT molecular complexity index is 1150. The van der Waals surface area contributed by atoms with Gasteiger partial charge in [0.15, 0.2) is 6.61 Å². The molecular weight excluding hydrogens is 443 g/mol. The lowest BCUT2D eigenvalue weighted by Gasteiger charge is -2.23. The summed E-state index contributed by atoms with van der Waals surface area (Å²) in [4.78, 5) is 12.0. The first-order valence-electron chi connectivity index (χ1n) is 9.22. The van der Waals surface area contributed by atoms with Crippen LogP contribution < -0.4 is 14.4 Å². The molecule has 0 atom stereocenters. The predicted octanol–water partition coefficient (Wildman–Crippen LogP) is 4.46. The van der Waals surface area contributed by atoms with Crippen LogP contribution in [0.15, 0.2) is 72.8 Å². The highest BCUT2D eigenvalue weighted by Crippen LogP contribution is 2.26. The van der Waals surface area contributed by atoms with E-state index < -0.39 is 21.7 Å². The van der Waals surface area contributed by atoms with Gasteiger partial charge in [-0.05, 0) is 60.2 Å². The zero-order chi connectivity index (χ0) is 22.4. The highest BCUT2D eigenvalue weighted by Gasteiger charge is 2.19. The van der Waals surface area contributed by atoms with Crippen LogP contribution in [0.1, 0.15) is 5.56 Å². The summed E-state index contributed by atoms with van der Waals surface area (Å²) in [5.74, 6) is -0.414. The van der Waals surface area contributed by atoms with E-state index in [1.807, 2.05) is 0 Å². The second-order valence-electron chi connectivity index (χ2n) is 6.70. The van der Waals surface area contributed by atoms with E-state index in [1.165, 1.54) is 28.6 Å². The first-order valence-corrected chi connectivity index (χ1v) is 11.4. The number of sulfonamides is 1. The van der Waals surface area contributed by atoms with E-state index in [1.54, 1.807) is 48.5 Å². The van der Waals surface area contributed by atoms with Crippen LogP contribution in [-0.2, 0) is 21.4 Å². The molecule has 1 N–H and O–H groups in total. The third-order valence-electron chi connectivity index (χ3n) is 4.29. The lowest BCUT2D eigenvalue weighted by Crippen LogP contribution is -2.29. The molecule has 0 saturated carbocycles. The van der Waals surface area contributed by atoms with Crippen molar-refractivity contribution in [2.45, 2.75) is 6.54 Å². The monoisotopic (exact) mass is 462 g/mol. The summed E-state index contributed by atoms with van der Waals surface area (Å²) in [6.45, 7) is -0.176. The van der Waals surface area contributed by atoms with E-state index in [4.69, 9.17) is 16.3 Å². The summed E-state index contributed by atoms with van der Waals surface area (Å²) < 4.78 is 44.2. The zero-order valence-electron chi connectivity index (χ0n) is 16.6. The molecule has 9 heteroatoms. The molecule has 0 bridgehead atoms. The van der Waals surface area contributed by atoms with Gasteiger partial charge in [-0.15, -0.1) is 0 Å². The van der Waals surface area contributed by atoms with Crippen molar-refractivity contribution in [3.05, 3.63) is 89.2 Å². The van der Waals surface area contributed by atoms with Crippen molar-refractivity contribution in [2.24, 2.45) is 0 Å². The Kier molecular flexibility index (Phi) is 7.14. The number of hydrogen-bond acceptors (Lipinski definition) is 4. The number of benzene rings is 3. The minimum atomic E-state index is -3.57. The maximum Gasteiger partial charge on any atom is 0.262 e. The van der Waals surface area contributed by atoms with Crippen molar-refractivity contribution >= 4 is 38.9 Å². The van der Waals surface area contributed by atoms with Crippen molar-refractivity contribution in [1.82, 2.24) is 0 Å². The molecule has 6 nitrogen and oxygen atoms in total. The second kappa shape index (κ2) is 9.80. The smallest absolute Gasteiger partial charge is 0.262 e. The number of rotatable bonds is 8. The van der Waals surface area contributed by atoms with Gasteiger partial charge in [-0.25, -0.2) is 12.8 Å². The molecule has 0 fully saturated rings. The fraction of sp³-hybridized carbons (Fsp3) is 0.136. The van der Waals surface area contributed by atoms with Gasteiger partial charge in [0, 0.05) is 10.7 Å². The fourth-order valence-electron chi connectivity index (χ4n) is 2.77. The lowest BCUT2D eigenvalue weighted by molar-refractivity contribution is -0.118. The molecule has 0 aromatic heterocycles. The molecule has 0 aliphatic carbocycles. The van der Waals surface area contributed by atoms with Crippen LogP contribution in [0, 0.1) is 5.82 Å². The Labute approximate surface area is 185 Å². The normalized spacial score (nSPS) is 11.1. The Morgan fingerprint density at radius 2 is 1.68 bits per heavy atom.